The number of piperidine rings is 1. The van der Waals surface area contributed by atoms with E-state index in [2.05, 4.69) is 9.88 Å². The van der Waals surface area contributed by atoms with Gasteiger partial charge in [-0.25, -0.2) is 18.7 Å². The van der Waals surface area contributed by atoms with Gasteiger partial charge in [-0.15, -0.1) is 0 Å². The zero-order valence-electron chi connectivity index (χ0n) is 13.6. The van der Waals surface area contributed by atoms with Crippen molar-refractivity contribution in [2.75, 3.05) is 18.0 Å². The van der Waals surface area contributed by atoms with E-state index in [1.165, 1.54) is 25.0 Å². The van der Waals surface area contributed by atoms with E-state index in [9.17, 15) is 8.78 Å². The minimum Gasteiger partial charge on any atom is -0.356 e. The molecule has 2 fully saturated rings. The molecule has 0 bridgehead atoms. The topological polar surface area (TPSA) is 29.0 Å². The van der Waals surface area contributed by atoms with Crippen molar-refractivity contribution >= 4 is 5.82 Å². The van der Waals surface area contributed by atoms with Crippen LogP contribution >= 0.6 is 0 Å². The lowest BCUT2D eigenvalue weighted by atomic mass is 9.90. The first-order chi connectivity index (χ1) is 11.7. The second-order valence-corrected chi connectivity index (χ2v) is 6.93. The number of nitrogens with zero attached hydrogens (tertiary/aromatic N) is 3. The summed E-state index contributed by atoms with van der Waals surface area (Å²) in [5.74, 6) is 1.56. The maximum absolute atomic E-state index is 13.3. The number of anilines is 1. The van der Waals surface area contributed by atoms with E-state index >= 15 is 0 Å². The van der Waals surface area contributed by atoms with Crippen LogP contribution in [-0.2, 0) is 6.42 Å². The summed E-state index contributed by atoms with van der Waals surface area (Å²) in [6.07, 6.45) is 7.18. The van der Waals surface area contributed by atoms with E-state index in [-0.39, 0.29) is 0 Å². The van der Waals surface area contributed by atoms with Crippen LogP contribution in [0.2, 0.25) is 0 Å². The maximum atomic E-state index is 13.3. The number of hydrogen-bond acceptors (Lipinski definition) is 3. The Morgan fingerprint density at radius 3 is 2.50 bits per heavy atom. The lowest BCUT2D eigenvalue weighted by Crippen LogP contribution is -2.35. The Balaban J connectivity index is 1.36. The van der Waals surface area contributed by atoms with Gasteiger partial charge in [0.1, 0.15) is 11.6 Å². The molecule has 1 aromatic carbocycles. The van der Waals surface area contributed by atoms with Crippen molar-refractivity contribution in [2.24, 2.45) is 5.92 Å². The van der Waals surface area contributed by atoms with E-state index in [1.54, 1.807) is 6.07 Å². The normalized spacial score (nSPS) is 18.8. The maximum Gasteiger partial charge on any atom is 0.159 e. The van der Waals surface area contributed by atoms with Gasteiger partial charge in [0, 0.05) is 25.2 Å². The molecule has 2 aliphatic rings. The Morgan fingerprint density at radius 1 is 1.00 bits per heavy atom. The Bertz CT molecular complexity index is 722. The van der Waals surface area contributed by atoms with Gasteiger partial charge in [0.25, 0.3) is 0 Å². The summed E-state index contributed by atoms with van der Waals surface area (Å²) in [6, 6.07) is 6.23. The molecule has 2 heterocycles. The Kier molecular flexibility index (Phi) is 4.17. The molecule has 0 spiro atoms. The second-order valence-electron chi connectivity index (χ2n) is 6.93. The fourth-order valence-corrected chi connectivity index (χ4v) is 3.44. The van der Waals surface area contributed by atoms with Crippen LogP contribution < -0.4 is 4.90 Å². The van der Waals surface area contributed by atoms with Gasteiger partial charge in [0.2, 0.25) is 0 Å². The first-order valence-corrected chi connectivity index (χ1v) is 8.71. The van der Waals surface area contributed by atoms with Gasteiger partial charge >= 0.3 is 0 Å². The molecule has 24 heavy (non-hydrogen) atoms. The van der Waals surface area contributed by atoms with Crippen LogP contribution in [0.5, 0.6) is 0 Å². The molecule has 0 radical (unpaired) electrons. The number of rotatable bonds is 4. The number of hydrogen-bond donors (Lipinski definition) is 0. The van der Waals surface area contributed by atoms with Crippen molar-refractivity contribution < 1.29 is 8.78 Å². The first-order valence-electron chi connectivity index (χ1n) is 8.71. The van der Waals surface area contributed by atoms with Crippen LogP contribution in [0.25, 0.3) is 0 Å². The van der Waals surface area contributed by atoms with Crippen molar-refractivity contribution in [1.29, 1.82) is 0 Å². The predicted octanol–water partition coefficient (Wildman–Crippen LogP) is 4.09. The molecular weight excluding hydrogens is 308 g/mol. The van der Waals surface area contributed by atoms with Crippen molar-refractivity contribution in [3.8, 4) is 0 Å². The molecule has 1 saturated heterocycles. The van der Waals surface area contributed by atoms with Crippen LogP contribution in [-0.4, -0.2) is 23.1 Å². The minimum absolute atomic E-state index is 0.510. The molecule has 3 nitrogen and oxygen atoms in total. The van der Waals surface area contributed by atoms with Gasteiger partial charge in [-0.05, 0) is 61.8 Å². The average molecular weight is 329 g/mol. The molecule has 0 unspecified atom stereocenters. The first kappa shape index (κ1) is 15.5. The van der Waals surface area contributed by atoms with Crippen LogP contribution in [0.15, 0.2) is 30.5 Å². The summed E-state index contributed by atoms with van der Waals surface area (Å²) in [4.78, 5) is 11.4. The molecule has 4 rings (SSSR count). The van der Waals surface area contributed by atoms with Gasteiger partial charge in [0.15, 0.2) is 11.6 Å². The molecule has 5 heteroatoms. The molecular formula is C19H21F2N3. The van der Waals surface area contributed by atoms with Crippen LogP contribution in [0.1, 0.15) is 43.0 Å². The molecule has 0 amide bonds. The summed E-state index contributed by atoms with van der Waals surface area (Å²) < 4.78 is 26.3. The quantitative estimate of drug-likeness (QED) is 0.846. The van der Waals surface area contributed by atoms with E-state index in [0.29, 0.717) is 11.8 Å². The molecule has 1 saturated carbocycles. The third-order valence-corrected chi connectivity index (χ3v) is 5.05. The fraction of sp³-hybridized carbons (Fsp3) is 0.474. The van der Waals surface area contributed by atoms with E-state index in [4.69, 9.17) is 4.98 Å². The van der Waals surface area contributed by atoms with Gasteiger partial charge in [-0.2, -0.15) is 0 Å². The minimum atomic E-state index is -0.774. The van der Waals surface area contributed by atoms with Crippen LogP contribution in [0.4, 0.5) is 14.6 Å². The fourth-order valence-electron chi connectivity index (χ4n) is 3.44. The van der Waals surface area contributed by atoms with Crippen molar-refractivity contribution in [3.63, 3.8) is 0 Å². The monoisotopic (exact) mass is 329 g/mol. The zero-order valence-corrected chi connectivity index (χ0v) is 13.6. The third-order valence-electron chi connectivity index (χ3n) is 5.05. The van der Waals surface area contributed by atoms with Gasteiger partial charge in [0.05, 0.1) is 0 Å². The van der Waals surface area contributed by atoms with Gasteiger partial charge < -0.3 is 4.90 Å². The standard InChI is InChI=1S/C19H21F2N3/c20-16-4-1-14(12-17(16)21)11-13-6-9-24(10-7-13)18-5-8-22-19(23-18)15-2-3-15/h1,4-5,8,12-13,15H,2-3,6-7,9-11H2. The van der Waals surface area contributed by atoms with Crippen molar-refractivity contribution in [2.45, 2.75) is 38.0 Å². The molecule has 0 atom stereocenters. The lowest BCUT2D eigenvalue weighted by Gasteiger charge is -2.33. The smallest absolute Gasteiger partial charge is 0.159 e. The van der Waals surface area contributed by atoms with Gasteiger partial charge in [-0.3, -0.25) is 0 Å². The Morgan fingerprint density at radius 2 is 1.79 bits per heavy atom. The summed E-state index contributed by atoms with van der Waals surface area (Å²) in [7, 11) is 0. The SMILES string of the molecule is Fc1ccc(CC2CCN(c3ccnc(C4CC4)n3)CC2)cc1F. The number of benzene rings is 1. The van der Waals surface area contributed by atoms with Crippen molar-refractivity contribution in [1.82, 2.24) is 9.97 Å². The number of aromatic nitrogens is 2. The third kappa shape index (κ3) is 3.40. The highest BCUT2D eigenvalue weighted by Crippen LogP contribution is 2.38. The van der Waals surface area contributed by atoms with Gasteiger partial charge in [-0.1, -0.05) is 6.07 Å². The van der Waals surface area contributed by atoms with E-state index in [0.717, 1.165) is 49.6 Å². The summed E-state index contributed by atoms with van der Waals surface area (Å²) in [5, 5.41) is 0. The largest absolute Gasteiger partial charge is 0.356 e. The molecule has 126 valence electrons. The lowest BCUT2D eigenvalue weighted by molar-refractivity contribution is 0.400. The summed E-state index contributed by atoms with van der Waals surface area (Å²) in [6.45, 7) is 1.91. The highest BCUT2D eigenvalue weighted by atomic mass is 19.2. The summed E-state index contributed by atoms with van der Waals surface area (Å²) >= 11 is 0. The number of halogens is 2. The van der Waals surface area contributed by atoms with E-state index < -0.39 is 11.6 Å². The molecule has 1 aliphatic carbocycles. The highest BCUT2D eigenvalue weighted by molar-refractivity contribution is 5.38. The molecule has 0 N–H and O–H groups in total. The van der Waals surface area contributed by atoms with E-state index in [1.807, 2.05) is 12.3 Å². The van der Waals surface area contributed by atoms with Crippen molar-refractivity contribution in [3.05, 3.63) is 53.5 Å². The average Bonchev–Trinajstić information content (AvgIpc) is 3.44. The Hall–Kier alpha value is -2.04. The highest BCUT2D eigenvalue weighted by Gasteiger charge is 2.27. The second kappa shape index (κ2) is 6.46. The molecule has 1 aromatic heterocycles. The van der Waals surface area contributed by atoms with Crippen LogP contribution in [0.3, 0.4) is 0 Å². The Labute approximate surface area is 140 Å². The summed E-state index contributed by atoms with van der Waals surface area (Å²) in [5.41, 5.74) is 0.880. The molecule has 2 aromatic rings. The zero-order chi connectivity index (χ0) is 16.5. The van der Waals surface area contributed by atoms with Crippen LogP contribution in [0, 0.1) is 17.6 Å². The predicted molar refractivity (Wildman–Crippen MR) is 89.0 cm³/mol. The molecule has 1 aliphatic heterocycles.